The fraction of sp³-hybridized carbons (Fsp3) is 0.127. The Morgan fingerprint density at radius 2 is 0.736 bits per heavy atom. The van der Waals surface area contributed by atoms with Crippen molar-refractivity contribution >= 4 is 49.3 Å². The van der Waals surface area contributed by atoms with E-state index >= 15 is 0 Å². The fourth-order valence-corrected chi connectivity index (χ4v) is 12.1. The minimum absolute atomic E-state index is 0.108. The molecule has 0 N–H and O–H groups in total. The molecule has 0 aliphatic rings. The SMILES string of the molecule is [C-]#[N+]c1cc(-n2c3ccc(-c4ccc(C(F)(F)F)cc4C)cc3c3cc(-c4ccc(C)cc4C(F)(F)F)ccc32)c(-n2c3ccc(-c4ccc(C(F)(F)F)cc4C)cc3c3cc(-c4ccc(C(F)(F)F)cc4C)ccc32)cc1-c1cc(C)cc(C#N)c1. The van der Waals surface area contributed by atoms with E-state index < -0.39 is 47.0 Å². The van der Waals surface area contributed by atoms with Crippen LogP contribution in [0.1, 0.15) is 55.6 Å². The lowest BCUT2D eigenvalue weighted by atomic mass is 9.95. The van der Waals surface area contributed by atoms with Crippen molar-refractivity contribution in [2.45, 2.75) is 59.3 Å². The number of aryl methyl sites for hydroxylation is 5. The Kier molecular flexibility index (Phi) is 13.6. The van der Waals surface area contributed by atoms with Crippen LogP contribution in [0.5, 0.6) is 0 Å². The van der Waals surface area contributed by atoms with E-state index in [4.69, 9.17) is 6.57 Å². The third-order valence-corrected chi connectivity index (χ3v) is 16.1. The zero-order chi connectivity index (χ0) is 62.0. The molecule has 16 heteroatoms. The molecule has 432 valence electrons. The summed E-state index contributed by atoms with van der Waals surface area (Å²) in [5, 5.41) is 12.3. The first-order valence-corrected chi connectivity index (χ1v) is 27.1. The molecule has 2 heterocycles. The first-order chi connectivity index (χ1) is 41.1. The van der Waals surface area contributed by atoms with Crippen LogP contribution in [0.3, 0.4) is 0 Å². The standard InChI is InChI=1S/C71H44F12N4/c1-37-7-15-54(60(25-37)71(81,82)83)46-11-22-65-59(33-46)58-32-45(53-18-14-50(28-41(53)5)70(78,79)80)10-21-64(58)87(65)67-35-61(85-6)55(47-24-38(2)23-42(29-47)36-84)34-66(67)86-62-19-8-43(51-16-12-48(26-39(51)3)68(72,73)74)30-56(62)57-31-44(9-20-63(57)86)52-17-13-49(27-40(52)4)69(75,76)77/h7-35H,1-5H3. The van der Waals surface area contributed by atoms with Gasteiger partial charge in [-0.25, -0.2) is 4.85 Å². The van der Waals surface area contributed by atoms with Gasteiger partial charge in [-0.05, 0) is 228 Å². The van der Waals surface area contributed by atoms with Crippen LogP contribution in [0.15, 0.2) is 176 Å². The summed E-state index contributed by atoms with van der Waals surface area (Å²) in [7, 11) is 0. The summed E-state index contributed by atoms with van der Waals surface area (Å²) in [6.07, 6.45) is -18.6. The minimum Gasteiger partial charge on any atom is -0.308 e. The first kappa shape index (κ1) is 57.4. The van der Waals surface area contributed by atoms with Gasteiger partial charge in [0.1, 0.15) is 0 Å². The maximum atomic E-state index is 14.9. The van der Waals surface area contributed by atoms with Crippen molar-refractivity contribution in [1.82, 2.24) is 9.13 Å². The number of halogens is 12. The van der Waals surface area contributed by atoms with E-state index in [0.717, 1.165) is 42.5 Å². The summed E-state index contributed by atoms with van der Waals surface area (Å²) in [4.78, 5) is 4.06. The number of benzene rings is 10. The smallest absolute Gasteiger partial charge is 0.308 e. The molecule has 12 aromatic rings. The predicted octanol–water partition coefficient (Wildman–Crippen LogP) is 22.3. The molecule has 0 saturated carbocycles. The summed E-state index contributed by atoms with van der Waals surface area (Å²) < 4.78 is 175. The normalized spacial score (nSPS) is 12.4. The third-order valence-electron chi connectivity index (χ3n) is 16.1. The number of aromatic nitrogens is 2. The number of nitrogens with zero attached hydrogens (tertiary/aromatic N) is 4. The lowest BCUT2D eigenvalue weighted by molar-refractivity contribution is -0.138. The van der Waals surface area contributed by atoms with E-state index in [1.807, 2.05) is 27.3 Å². The van der Waals surface area contributed by atoms with E-state index in [2.05, 4.69) is 10.9 Å². The molecule has 0 aliphatic carbocycles. The van der Waals surface area contributed by atoms with Crippen LogP contribution >= 0.6 is 0 Å². The molecule has 10 aromatic carbocycles. The Hall–Kier alpha value is -10.1. The maximum Gasteiger partial charge on any atom is 0.417 e. The molecule has 12 rings (SSSR count). The van der Waals surface area contributed by atoms with Gasteiger partial charge < -0.3 is 9.13 Å². The molecule has 0 fully saturated rings. The summed E-state index contributed by atoms with van der Waals surface area (Å²) in [5.41, 5.74) is 5.84. The van der Waals surface area contributed by atoms with Gasteiger partial charge in [-0.15, -0.1) is 0 Å². The highest BCUT2D eigenvalue weighted by Gasteiger charge is 2.36. The van der Waals surface area contributed by atoms with Gasteiger partial charge in [-0.1, -0.05) is 66.2 Å². The molecule has 0 amide bonds. The second kappa shape index (κ2) is 20.6. The molecule has 2 aromatic heterocycles. The molecule has 87 heavy (non-hydrogen) atoms. The average Bonchev–Trinajstić information content (AvgIpc) is 1.65. The predicted molar refractivity (Wildman–Crippen MR) is 317 cm³/mol. The largest absolute Gasteiger partial charge is 0.417 e. The van der Waals surface area contributed by atoms with Crippen LogP contribution in [-0.4, -0.2) is 9.13 Å². The number of alkyl halides is 12. The Balaban J connectivity index is 1.20. The van der Waals surface area contributed by atoms with Gasteiger partial charge in [-0.2, -0.15) is 57.9 Å². The Morgan fingerprint density at radius 1 is 0.356 bits per heavy atom. The molecule has 0 aliphatic heterocycles. The summed E-state index contributed by atoms with van der Waals surface area (Å²) in [5.74, 6) is 0. The highest BCUT2D eigenvalue weighted by atomic mass is 19.4. The molecular formula is C71H44F12N4. The number of rotatable bonds is 7. The second-order valence-electron chi connectivity index (χ2n) is 21.9. The van der Waals surface area contributed by atoms with E-state index in [9.17, 15) is 57.9 Å². The topological polar surface area (TPSA) is 38.0 Å². The van der Waals surface area contributed by atoms with Gasteiger partial charge in [-0.3, -0.25) is 0 Å². The Labute approximate surface area is 489 Å². The molecule has 0 saturated heterocycles. The summed E-state index contributed by atoms with van der Waals surface area (Å²) in [6, 6.07) is 46.0. The number of nitriles is 1. The molecule has 4 nitrogen and oxygen atoms in total. The molecule has 0 atom stereocenters. The van der Waals surface area contributed by atoms with Crippen LogP contribution in [0, 0.1) is 52.5 Å². The highest BCUT2D eigenvalue weighted by molar-refractivity contribution is 6.14. The van der Waals surface area contributed by atoms with Crippen molar-refractivity contribution in [3.05, 3.63) is 243 Å². The third kappa shape index (κ3) is 10.2. The van der Waals surface area contributed by atoms with E-state index in [1.165, 1.54) is 24.3 Å². The average molecular weight is 1180 g/mol. The minimum atomic E-state index is -4.76. The fourth-order valence-electron chi connectivity index (χ4n) is 12.1. The lowest BCUT2D eigenvalue weighted by Crippen LogP contribution is -2.07. The number of fused-ring (bicyclic) bond motifs is 6. The first-order valence-electron chi connectivity index (χ1n) is 27.1. The van der Waals surface area contributed by atoms with Crippen molar-refractivity contribution in [3.8, 4) is 73.1 Å². The van der Waals surface area contributed by atoms with E-state index in [0.29, 0.717) is 133 Å². The Morgan fingerprint density at radius 3 is 1.09 bits per heavy atom. The summed E-state index contributed by atoms with van der Waals surface area (Å²) >= 11 is 0. The molecule has 0 radical (unpaired) electrons. The highest BCUT2D eigenvalue weighted by Crippen LogP contribution is 2.48. The van der Waals surface area contributed by atoms with Gasteiger partial charge in [0, 0.05) is 21.5 Å². The van der Waals surface area contributed by atoms with Crippen LogP contribution in [0.25, 0.3) is 115 Å². The monoisotopic (exact) mass is 1180 g/mol. The van der Waals surface area contributed by atoms with Gasteiger partial charge in [0.15, 0.2) is 5.69 Å². The second-order valence-corrected chi connectivity index (χ2v) is 21.9. The number of hydrogen-bond donors (Lipinski definition) is 0. The zero-order valence-electron chi connectivity index (χ0n) is 46.6. The zero-order valence-corrected chi connectivity index (χ0v) is 46.6. The Bertz CT molecular complexity index is 4840. The quantitative estimate of drug-likeness (QED) is 0.116. The van der Waals surface area contributed by atoms with Crippen molar-refractivity contribution in [2.75, 3.05) is 0 Å². The molecule has 0 bridgehead atoms. The van der Waals surface area contributed by atoms with E-state index in [1.54, 1.807) is 126 Å². The van der Waals surface area contributed by atoms with E-state index in [-0.39, 0.29) is 16.8 Å². The van der Waals surface area contributed by atoms with Crippen molar-refractivity contribution in [2.24, 2.45) is 0 Å². The van der Waals surface area contributed by atoms with Gasteiger partial charge in [0.25, 0.3) is 0 Å². The molecule has 0 spiro atoms. The maximum absolute atomic E-state index is 14.9. The van der Waals surface area contributed by atoms with Crippen molar-refractivity contribution in [3.63, 3.8) is 0 Å². The summed E-state index contributed by atoms with van der Waals surface area (Å²) in [6.45, 7) is 16.8. The van der Waals surface area contributed by atoms with Crippen LogP contribution < -0.4 is 0 Å². The number of hydrogen-bond acceptors (Lipinski definition) is 1. The van der Waals surface area contributed by atoms with Crippen LogP contribution in [-0.2, 0) is 24.7 Å². The van der Waals surface area contributed by atoms with Crippen LogP contribution in [0.2, 0.25) is 0 Å². The van der Waals surface area contributed by atoms with Crippen molar-refractivity contribution < 1.29 is 52.7 Å². The van der Waals surface area contributed by atoms with Crippen LogP contribution in [0.4, 0.5) is 58.4 Å². The lowest BCUT2D eigenvalue weighted by Gasteiger charge is -2.20. The van der Waals surface area contributed by atoms with Gasteiger partial charge in [0.05, 0.1) is 73.9 Å². The van der Waals surface area contributed by atoms with Gasteiger partial charge >= 0.3 is 24.7 Å². The molecular weight excluding hydrogens is 1140 g/mol. The van der Waals surface area contributed by atoms with Gasteiger partial charge in [0.2, 0.25) is 0 Å². The molecule has 0 unspecified atom stereocenters. The van der Waals surface area contributed by atoms with Crippen molar-refractivity contribution in [1.29, 1.82) is 5.26 Å².